The van der Waals surface area contributed by atoms with Gasteiger partial charge in [0.25, 0.3) is 0 Å². The molecule has 0 aromatic rings. The van der Waals surface area contributed by atoms with E-state index in [4.69, 9.17) is 0 Å². The van der Waals surface area contributed by atoms with Gasteiger partial charge in [0.05, 0.1) is 6.04 Å². The number of amides is 1. The minimum Gasteiger partial charge on any atom is -0.358 e. The molecule has 0 spiro atoms. The van der Waals surface area contributed by atoms with Crippen molar-refractivity contribution in [2.75, 3.05) is 19.3 Å². The van der Waals surface area contributed by atoms with E-state index in [0.717, 1.165) is 6.54 Å². The highest BCUT2D eigenvalue weighted by atomic mass is 32.2. The van der Waals surface area contributed by atoms with E-state index in [1.807, 2.05) is 18.7 Å². The van der Waals surface area contributed by atoms with E-state index >= 15 is 0 Å². The first-order valence-electron chi connectivity index (χ1n) is 4.80. The molecule has 4 heteroatoms. The van der Waals surface area contributed by atoms with Crippen LogP contribution in [0, 0.1) is 0 Å². The molecule has 0 radical (unpaired) electrons. The number of nitrogens with one attached hydrogen (secondary N) is 2. The van der Waals surface area contributed by atoms with Crippen LogP contribution >= 0.6 is 11.8 Å². The summed E-state index contributed by atoms with van der Waals surface area (Å²) in [5, 5.41) is 6.59. The second-order valence-electron chi connectivity index (χ2n) is 3.38. The lowest BCUT2D eigenvalue weighted by Gasteiger charge is -2.15. The van der Waals surface area contributed by atoms with Crippen molar-refractivity contribution in [3.8, 4) is 0 Å². The third-order valence-electron chi connectivity index (χ3n) is 2.32. The van der Waals surface area contributed by atoms with E-state index in [0.29, 0.717) is 5.25 Å². The molecule has 1 heterocycles. The Hall–Kier alpha value is -0.220. The number of thioether (sulfide) groups is 1. The van der Waals surface area contributed by atoms with Crippen molar-refractivity contribution in [1.29, 1.82) is 0 Å². The molecule has 1 aliphatic heterocycles. The standard InChI is InChI=1S/C9H18N2OS/c1-7(9(12)10-2)11-6-8-4-3-5-13-8/h7-8,11H,3-6H2,1-2H3,(H,10,12). The zero-order valence-corrected chi connectivity index (χ0v) is 9.12. The summed E-state index contributed by atoms with van der Waals surface area (Å²) in [6.45, 7) is 2.86. The molecular formula is C9H18N2OS. The zero-order valence-electron chi connectivity index (χ0n) is 8.30. The van der Waals surface area contributed by atoms with Crippen LogP contribution < -0.4 is 10.6 Å². The average molecular weight is 202 g/mol. The monoisotopic (exact) mass is 202 g/mol. The summed E-state index contributed by atoms with van der Waals surface area (Å²) in [4.78, 5) is 11.1. The summed E-state index contributed by atoms with van der Waals surface area (Å²) < 4.78 is 0. The van der Waals surface area contributed by atoms with Crippen LogP contribution in [0.1, 0.15) is 19.8 Å². The predicted molar refractivity (Wildman–Crippen MR) is 57.0 cm³/mol. The summed E-state index contributed by atoms with van der Waals surface area (Å²) >= 11 is 2.01. The highest BCUT2D eigenvalue weighted by Crippen LogP contribution is 2.25. The maximum Gasteiger partial charge on any atom is 0.236 e. The fourth-order valence-corrected chi connectivity index (χ4v) is 2.64. The van der Waals surface area contributed by atoms with Gasteiger partial charge in [0.15, 0.2) is 0 Å². The summed E-state index contributed by atoms with van der Waals surface area (Å²) in [7, 11) is 1.67. The van der Waals surface area contributed by atoms with E-state index in [1.54, 1.807) is 7.05 Å². The summed E-state index contributed by atoms with van der Waals surface area (Å²) in [5.74, 6) is 1.35. The second kappa shape index (κ2) is 5.50. The highest BCUT2D eigenvalue weighted by Gasteiger charge is 2.17. The SMILES string of the molecule is CNC(=O)C(C)NCC1CCCS1. The lowest BCUT2D eigenvalue weighted by molar-refractivity contribution is -0.122. The van der Waals surface area contributed by atoms with Gasteiger partial charge in [-0.15, -0.1) is 0 Å². The molecule has 1 rings (SSSR count). The van der Waals surface area contributed by atoms with Gasteiger partial charge in [-0.3, -0.25) is 4.79 Å². The second-order valence-corrected chi connectivity index (χ2v) is 4.79. The summed E-state index contributed by atoms with van der Waals surface area (Å²) in [5.41, 5.74) is 0. The van der Waals surface area contributed by atoms with Gasteiger partial charge in [0.1, 0.15) is 0 Å². The Labute approximate surface area is 84.0 Å². The molecule has 3 nitrogen and oxygen atoms in total. The molecule has 2 unspecified atom stereocenters. The molecule has 0 aromatic heterocycles. The summed E-state index contributed by atoms with van der Waals surface area (Å²) in [6.07, 6.45) is 2.61. The number of carbonyl (C=O) groups excluding carboxylic acids is 1. The molecule has 0 aliphatic carbocycles. The molecule has 1 amide bonds. The van der Waals surface area contributed by atoms with Gasteiger partial charge in [-0.2, -0.15) is 11.8 Å². The average Bonchev–Trinajstić information content (AvgIpc) is 2.65. The third kappa shape index (κ3) is 3.56. The fraction of sp³-hybridized carbons (Fsp3) is 0.889. The van der Waals surface area contributed by atoms with Crippen LogP contribution in [0.3, 0.4) is 0 Å². The minimum absolute atomic E-state index is 0.0637. The molecule has 1 saturated heterocycles. The van der Waals surface area contributed by atoms with Gasteiger partial charge in [-0.25, -0.2) is 0 Å². The molecule has 0 bridgehead atoms. The van der Waals surface area contributed by atoms with Crippen molar-refractivity contribution < 1.29 is 4.79 Å². The maximum absolute atomic E-state index is 11.1. The molecule has 1 fully saturated rings. The lowest BCUT2D eigenvalue weighted by atomic mass is 10.2. The Bertz CT molecular complexity index is 169. The number of hydrogen-bond acceptors (Lipinski definition) is 3. The van der Waals surface area contributed by atoms with E-state index < -0.39 is 0 Å². The smallest absolute Gasteiger partial charge is 0.236 e. The number of rotatable bonds is 4. The van der Waals surface area contributed by atoms with Crippen molar-refractivity contribution in [3.05, 3.63) is 0 Å². The first-order chi connectivity index (χ1) is 6.24. The Morgan fingerprint density at radius 3 is 3.00 bits per heavy atom. The van der Waals surface area contributed by atoms with Crippen molar-refractivity contribution in [2.24, 2.45) is 0 Å². The minimum atomic E-state index is -0.0637. The molecule has 13 heavy (non-hydrogen) atoms. The van der Waals surface area contributed by atoms with E-state index in [1.165, 1.54) is 18.6 Å². The lowest BCUT2D eigenvalue weighted by Crippen LogP contribution is -2.42. The van der Waals surface area contributed by atoms with Gasteiger partial charge in [-0.05, 0) is 25.5 Å². The molecule has 2 N–H and O–H groups in total. The molecule has 2 atom stereocenters. The number of carbonyl (C=O) groups is 1. The Morgan fingerprint density at radius 1 is 1.69 bits per heavy atom. The Kier molecular flexibility index (Phi) is 4.59. The van der Waals surface area contributed by atoms with Crippen LogP contribution in [0.15, 0.2) is 0 Å². The van der Waals surface area contributed by atoms with Crippen molar-refractivity contribution in [2.45, 2.75) is 31.1 Å². The predicted octanol–water partition coefficient (Wildman–Crippen LogP) is 0.606. The van der Waals surface area contributed by atoms with Crippen LogP contribution in [-0.4, -0.2) is 36.5 Å². The highest BCUT2D eigenvalue weighted by molar-refractivity contribution is 8.00. The summed E-state index contributed by atoms with van der Waals surface area (Å²) in [6, 6.07) is -0.0637. The van der Waals surface area contributed by atoms with E-state index in [-0.39, 0.29) is 11.9 Å². The Balaban J connectivity index is 2.13. The van der Waals surface area contributed by atoms with Gasteiger partial charge in [0.2, 0.25) is 5.91 Å². The van der Waals surface area contributed by atoms with Crippen LogP contribution in [-0.2, 0) is 4.79 Å². The molecular weight excluding hydrogens is 184 g/mol. The first-order valence-corrected chi connectivity index (χ1v) is 5.85. The van der Waals surface area contributed by atoms with Crippen molar-refractivity contribution in [3.63, 3.8) is 0 Å². The molecule has 1 aliphatic rings. The largest absolute Gasteiger partial charge is 0.358 e. The fourth-order valence-electron chi connectivity index (χ4n) is 1.42. The van der Waals surface area contributed by atoms with Gasteiger partial charge in [0, 0.05) is 18.8 Å². The van der Waals surface area contributed by atoms with Crippen LogP contribution in [0.2, 0.25) is 0 Å². The quantitative estimate of drug-likeness (QED) is 0.701. The molecule has 0 aromatic carbocycles. The normalized spacial score (nSPS) is 24.3. The zero-order chi connectivity index (χ0) is 9.68. The van der Waals surface area contributed by atoms with Crippen molar-refractivity contribution >= 4 is 17.7 Å². The van der Waals surface area contributed by atoms with Gasteiger partial charge < -0.3 is 10.6 Å². The van der Waals surface area contributed by atoms with Crippen LogP contribution in [0.25, 0.3) is 0 Å². The molecule has 76 valence electrons. The van der Waals surface area contributed by atoms with E-state index in [9.17, 15) is 4.79 Å². The van der Waals surface area contributed by atoms with Gasteiger partial charge >= 0.3 is 0 Å². The maximum atomic E-state index is 11.1. The number of hydrogen-bond donors (Lipinski definition) is 2. The van der Waals surface area contributed by atoms with E-state index in [2.05, 4.69) is 10.6 Å². The number of likely N-dealkylation sites (N-methyl/N-ethyl adjacent to an activating group) is 1. The topological polar surface area (TPSA) is 41.1 Å². The first kappa shape index (κ1) is 10.9. The van der Waals surface area contributed by atoms with Gasteiger partial charge in [-0.1, -0.05) is 0 Å². The van der Waals surface area contributed by atoms with Crippen molar-refractivity contribution in [1.82, 2.24) is 10.6 Å². The Morgan fingerprint density at radius 2 is 2.46 bits per heavy atom. The third-order valence-corrected chi connectivity index (χ3v) is 3.71. The van der Waals surface area contributed by atoms with Crippen LogP contribution in [0.5, 0.6) is 0 Å². The molecule has 0 saturated carbocycles. The van der Waals surface area contributed by atoms with Crippen LogP contribution in [0.4, 0.5) is 0 Å².